The standard InChI is InChI=1S/C30H32F3N3O3/c1-34-27(24-9-11-35-28-8-6-23(39-2)17-25(24)28)7-5-19-10-13-36(18-21(19)15-29(37)38)12-3-4-20-14-22(31)16-26(32)30(20)33/h6,8-9,11,14,16-17,19,21,27,34H,5,7,10,12-13,15,18H2,1-2H3,(H,37,38)/t19-,21+,27-/m1/s1. The first kappa shape index (κ1) is 28.4. The number of piperidine rings is 1. The van der Waals surface area contributed by atoms with E-state index in [1.807, 2.05) is 36.2 Å². The fourth-order valence-electron chi connectivity index (χ4n) is 5.44. The zero-order valence-corrected chi connectivity index (χ0v) is 22.0. The Hall–Kier alpha value is -3.61. The van der Waals surface area contributed by atoms with Crippen molar-refractivity contribution >= 4 is 16.9 Å². The number of rotatable bonds is 9. The number of ether oxygens (including phenoxy) is 1. The number of carboxylic acids is 1. The van der Waals surface area contributed by atoms with Gasteiger partial charge in [0, 0.05) is 36.7 Å². The van der Waals surface area contributed by atoms with Crippen molar-refractivity contribution in [2.75, 3.05) is 33.8 Å². The van der Waals surface area contributed by atoms with E-state index in [0.717, 1.165) is 47.5 Å². The average Bonchev–Trinajstić information content (AvgIpc) is 2.92. The molecule has 3 aromatic rings. The van der Waals surface area contributed by atoms with E-state index in [1.165, 1.54) is 0 Å². The second-order valence-electron chi connectivity index (χ2n) is 9.89. The van der Waals surface area contributed by atoms with Crippen LogP contribution in [0.4, 0.5) is 13.2 Å². The van der Waals surface area contributed by atoms with E-state index in [1.54, 1.807) is 13.3 Å². The van der Waals surface area contributed by atoms with Gasteiger partial charge in [-0.25, -0.2) is 13.2 Å². The van der Waals surface area contributed by atoms with Crippen LogP contribution in [-0.2, 0) is 4.79 Å². The number of benzene rings is 2. The zero-order valence-electron chi connectivity index (χ0n) is 22.0. The number of aromatic nitrogens is 1. The highest BCUT2D eigenvalue weighted by Crippen LogP contribution is 2.34. The molecule has 2 N–H and O–H groups in total. The Bertz CT molecular complexity index is 1390. The number of aliphatic carboxylic acids is 1. The number of hydrogen-bond acceptors (Lipinski definition) is 5. The molecular weight excluding hydrogens is 507 g/mol. The SMILES string of the molecule is CN[C@H](CC[C@@H]1CCN(CC#Cc2cc(F)cc(F)c2F)C[C@@H]1CC(=O)O)c1ccnc2ccc(OC)cc12. The Labute approximate surface area is 226 Å². The molecule has 1 aromatic heterocycles. The van der Waals surface area contributed by atoms with Crippen LogP contribution in [0.1, 0.15) is 42.9 Å². The van der Waals surface area contributed by atoms with E-state index >= 15 is 0 Å². The fourth-order valence-corrected chi connectivity index (χ4v) is 5.44. The van der Waals surface area contributed by atoms with Crippen molar-refractivity contribution < 1.29 is 27.8 Å². The number of carboxylic acid groups (broad SMARTS) is 1. The number of pyridine rings is 1. The van der Waals surface area contributed by atoms with Gasteiger partial charge in [0.05, 0.1) is 24.7 Å². The number of nitrogens with zero attached hydrogens (tertiary/aromatic N) is 2. The second-order valence-corrected chi connectivity index (χ2v) is 9.89. The first-order chi connectivity index (χ1) is 18.8. The largest absolute Gasteiger partial charge is 0.497 e. The molecule has 206 valence electrons. The van der Waals surface area contributed by atoms with E-state index in [4.69, 9.17) is 4.74 Å². The second kappa shape index (κ2) is 13.0. The third kappa shape index (κ3) is 7.08. The quantitative estimate of drug-likeness (QED) is 0.289. The molecule has 1 fully saturated rings. The van der Waals surface area contributed by atoms with Crippen molar-refractivity contribution in [3.63, 3.8) is 0 Å². The molecule has 0 radical (unpaired) electrons. The maximum absolute atomic E-state index is 13.9. The van der Waals surface area contributed by atoms with Crippen LogP contribution in [0.15, 0.2) is 42.6 Å². The minimum absolute atomic E-state index is 0.0396. The number of hydrogen-bond donors (Lipinski definition) is 2. The summed E-state index contributed by atoms with van der Waals surface area (Å²) in [7, 11) is 3.55. The maximum atomic E-state index is 13.9. The van der Waals surface area contributed by atoms with E-state index in [2.05, 4.69) is 22.1 Å². The van der Waals surface area contributed by atoms with Gasteiger partial charge in [-0.1, -0.05) is 11.8 Å². The van der Waals surface area contributed by atoms with Crippen LogP contribution in [-0.4, -0.2) is 54.8 Å². The summed E-state index contributed by atoms with van der Waals surface area (Å²) in [5, 5.41) is 14.0. The lowest BCUT2D eigenvalue weighted by molar-refractivity contribution is -0.139. The van der Waals surface area contributed by atoms with Gasteiger partial charge in [-0.05, 0) is 80.6 Å². The van der Waals surface area contributed by atoms with Gasteiger partial charge in [0.1, 0.15) is 11.6 Å². The van der Waals surface area contributed by atoms with Gasteiger partial charge in [0.2, 0.25) is 0 Å². The fraction of sp³-hybridized carbons (Fsp3) is 0.400. The number of carbonyl (C=O) groups is 1. The Balaban J connectivity index is 1.43. The Morgan fingerprint density at radius 2 is 2.05 bits per heavy atom. The highest BCUT2D eigenvalue weighted by atomic mass is 19.2. The molecule has 4 rings (SSSR count). The predicted molar refractivity (Wildman–Crippen MR) is 143 cm³/mol. The van der Waals surface area contributed by atoms with Crippen molar-refractivity contribution in [1.29, 1.82) is 0 Å². The van der Waals surface area contributed by atoms with Crippen molar-refractivity contribution in [2.24, 2.45) is 11.8 Å². The minimum Gasteiger partial charge on any atom is -0.497 e. The summed E-state index contributed by atoms with van der Waals surface area (Å²) in [5.41, 5.74) is 1.67. The van der Waals surface area contributed by atoms with Crippen LogP contribution in [0.3, 0.4) is 0 Å². The number of methoxy groups -OCH3 is 1. The normalized spacial score (nSPS) is 18.4. The molecule has 0 aliphatic carbocycles. The summed E-state index contributed by atoms with van der Waals surface area (Å²) in [6.45, 7) is 1.49. The molecule has 3 atom stereocenters. The predicted octanol–water partition coefficient (Wildman–Crippen LogP) is 5.17. The average molecular weight is 540 g/mol. The van der Waals surface area contributed by atoms with Crippen LogP contribution in [0, 0.1) is 41.1 Å². The van der Waals surface area contributed by atoms with Gasteiger partial charge >= 0.3 is 5.97 Å². The number of fused-ring (bicyclic) bond motifs is 1. The van der Waals surface area contributed by atoms with Crippen LogP contribution in [0.2, 0.25) is 0 Å². The summed E-state index contributed by atoms with van der Waals surface area (Å²) < 4.78 is 46.2. The van der Waals surface area contributed by atoms with E-state index in [0.29, 0.717) is 19.2 Å². The van der Waals surface area contributed by atoms with Gasteiger partial charge in [-0.2, -0.15) is 0 Å². The van der Waals surface area contributed by atoms with Crippen LogP contribution < -0.4 is 10.1 Å². The minimum atomic E-state index is -1.28. The molecule has 6 nitrogen and oxygen atoms in total. The molecule has 0 spiro atoms. The molecular formula is C30H32F3N3O3. The van der Waals surface area contributed by atoms with Crippen LogP contribution >= 0.6 is 0 Å². The van der Waals surface area contributed by atoms with Crippen molar-refractivity contribution in [3.8, 4) is 17.6 Å². The molecule has 1 aliphatic rings. The smallest absolute Gasteiger partial charge is 0.303 e. The van der Waals surface area contributed by atoms with Crippen molar-refractivity contribution in [2.45, 2.75) is 31.7 Å². The summed E-state index contributed by atoms with van der Waals surface area (Å²) in [6, 6.07) is 9.21. The van der Waals surface area contributed by atoms with Gasteiger partial charge in [0.15, 0.2) is 11.6 Å². The highest BCUT2D eigenvalue weighted by Gasteiger charge is 2.31. The molecule has 1 aliphatic heterocycles. The number of likely N-dealkylation sites (tertiary alicyclic amines) is 1. The Kier molecular flexibility index (Phi) is 9.44. The van der Waals surface area contributed by atoms with Crippen molar-refractivity contribution in [3.05, 3.63) is 71.2 Å². The first-order valence-electron chi connectivity index (χ1n) is 13.0. The van der Waals surface area contributed by atoms with Gasteiger partial charge in [-0.15, -0.1) is 0 Å². The van der Waals surface area contributed by atoms with Gasteiger partial charge in [-0.3, -0.25) is 14.7 Å². The van der Waals surface area contributed by atoms with Gasteiger partial charge < -0.3 is 15.2 Å². The molecule has 2 heterocycles. The van der Waals surface area contributed by atoms with Crippen LogP contribution in [0.5, 0.6) is 5.75 Å². The van der Waals surface area contributed by atoms with Gasteiger partial charge in [0.25, 0.3) is 0 Å². The monoisotopic (exact) mass is 539 g/mol. The summed E-state index contributed by atoms with van der Waals surface area (Å²) in [6.07, 6.45) is 4.29. The summed E-state index contributed by atoms with van der Waals surface area (Å²) >= 11 is 0. The van der Waals surface area contributed by atoms with E-state index in [9.17, 15) is 23.1 Å². The lowest BCUT2D eigenvalue weighted by atomic mass is 9.79. The molecule has 0 saturated carbocycles. The third-order valence-electron chi connectivity index (χ3n) is 7.46. The van der Waals surface area contributed by atoms with E-state index < -0.39 is 23.4 Å². The molecule has 2 aromatic carbocycles. The molecule has 39 heavy (non-hydrogen) atoms. The third-order valence-corrected chi connectivity index (χ3v) is 7.46. The van der Waals surface area contributed by atoms with E-state index in [-0.39, 0.29) is 36.4 Å². The molecule has 0 amide bonds. The number of halogens is 3. The van der Waals surface area contributed by atoms with Crippen LogP contribution in [0.25, 0.3) is 10.9 Å². The summed E-state index contributed by atoms with van der Waals surface area (Å²) in [4.78, 5) is 18.1. The lowest BCUT2D eigenvalue weighted by Crippen LogP contribution is -2.41. The maximum Gasteiger partial charge on any atom is 0.303 e. The topological polar surface area (TPSA) is 74.7 Å². The Morgan fingerprint density at radius 1 is 1.23 bits per heavy atom. The molecule has 9 heteroatoms. The Morgan fingerprint density at radius 3 is 2.79 bits per heavy atom. The molecule has 0 unspecified atom stereocenters. The zero-order chi connectivity index (χ0) is 27.9. The summed E-state index contributed by atoms with van der Waals surface area (Å²) in [5.74, 6) is 2.00. The highest BCUT2D eigenvalue weighted by molar-refractivity contribution is 5.84. The molecule has 1 saturated heterocycles. The first-order valence-corrected chi connectivity index (χ1v) is 13.0. The lowest BCUT2D eigenvalue weighted by Gasteiger charge is -2.38. The molecule has 0 bridgehead atoms. The van der Waals surface area contributed by atoms with Crippen molar-refractivity contribution in [1.82, 2.24) is 15.2 Å². The number of nitrogens with one attached hydrogen (secondary N) is 1.